The van der Waals surface area contributed by atoms with Crippen LogP contribution >= 0.6 is 7.82 Å². The zero-order valence-electron chi connectivity index (χ0n) is 41.4. The Morgan fingerprint density at radius 2 is 0.887 bits per heavy atom. The van der Waals surface area contributed by atoms with Crippen LogP contribution in [0.5, 0.6) is 0 Å². The van der Waals surface area contributed by atoms with Crippen molar-refractivity contribution in [3.05, 3.63) is 24.3 Å². The number of allylic oxidation sites excluding steroid dienone is 4. The largest absolute Gasteiger partial charge is 0.472 e. The summed E-state index contributed by atoms with van der Waals surface area (Å²) in [7, 11) is 1.46. The smallest absolute Gasteiger partial charge is 0.462 e. The van der Waals surface area contributed by atoms with E-state index in [-0.39, 0.29) is 32.0 Å². The quantitative estimate of drug-likeness (QED) is 0.0211. The standard InChI is InChI=1S/C52H100NO8P/c1-6-8-10-12-14-16-18-20-22-24-25-26-27-29-30-32-34-36-38-40-42-44-51(54)58-48-50(49-60-62(56,57)59-47-46-53(3,4)5)61-52(55)45-43-41-39-37-35-33-31-28-23-21-19-17-15-13-11-9-7-2/h31,33,37,39,50H,6-30,32,34-36,38,40-49H2,1-5H3/p+1/b33-31+,39-37+/t50-/m1/s1. The molecule has 0 aliphatic rings. The van der Waals surface area contributed by atoms with Crippen molar-refractivity contribution in [1.82, 2.24) is 0 Å². The molecule has 0 aromatic heterocycles. The lowest BCUT2D eigenvalue weighted by Crippen LogP contribution is -2.37. The molecular formula is C52H101NO8P+. The van der Waals surface area contributed by atoms with Crippen LogP contribution in [0.2, 0.25) is 0 Å². The molecule has 0 saturated carbocycles. The molecule has 0 radical (unpaired) electrons. The van der Waals surface area contributed by atoms with Crippen molar-refractivity contribution in [3.8, 4) is 0 Å². The predicted octanol–water partition coefficient (Wildman–Crippen LogP) is 15.5. The summed E-state index contributed by atoms with van der Waals surface area (Å²) >= 11 is 0. The summed E-state index contributed by atoms with van der Waals surface area (Å²) in [5.74, 6) is -0.838. The van der Waals surface area contributed by atoms with Gasteiger partial charge in [-0.3, -0.25) is 18.6 Å². The molecule has 1 N–H and O–H groups in total. The number of nitrogens with zero attached hydrogens (tertiary/aromatic N) is 1. The van der Waals surface area contributed by atoms with Crippen molar-refractivity contribution in [2.24, 2.45) is 0 Å². The third kappa shape index (κ3) is 48.0. The molecule has 9 nitrogen and oxygen atoms in total. The molecule has 0 bridgehead atoms. The molecule has 2 atom stereocenters. The van der Waals surface area contributed by atoms with E-state index in [1.807, 2.05) is 21.1 Å². The Labute approximate surface area is 383 Å². The van der Waals surface area contributed by atoms with Gasteiger partial charge in [0.2, 0.25) is 0 Å². The van der Waals surface area contributed by atoms with Gasteiger partial charge in [-0.15, -0.1) is 0 Å². The summed E-state index contributed by atoms with van der Waals surface area (Å²) in [5.41, 5.74) is 0. The molecule has 62 heavy (non-hydrogen) atoms. The number of quaternary nitrogens is 1. The third-order valence-electron chi connectivity index (χ3n) is 11.5. The van der Waals surface area contributed by atoms with E-state index in [1.165, 1.54) is 173 Å². The summed E-state index contributed by atoms with van der Waals surface area (Å²) in [6.45, 7) is 4.42. The molecule has 0 fully saturated rings. The van der Waals surface area contributed by atoms with Crippen molar-refractivity contribution in [2.45, 2.75) is 251 Å². The van der Waals surface area contributed by atoms with Gasteiger partial charge in [-0.05, 0) is 38.5 Å². The number of likely N-dealkylation sites (N-methyl/N-ethyl adjacent to an activating group) is 1. The van der Waals surface area contributed by atoms with Gasteiger partial charge in [-0.1, -0.05) is 218 Å². The van der Waals surface area contributed by atoms with Crippen LogP contribution in [-0.4, -0.2) is 74.9 Å². The highest BCUT2D eigenvalue weighted by Gasteiger charge is 2.27. The molecule has 0 aromatic rings. The van der Waals surface area contributed by atoms with Gasteiger partial charge in [0, 0.05) is 12.8 Å². The SMILES string of the molecule is CCCCCCCCCCC/C=C/C/C=C/CCCC(=O)O[C@H](COC(=O)CCCCCCCCCCCCCCCCCCCCCCC)COP(=O)(O)OCC[N+](C)(C)C. The lowest BCUT2D eigenvalue weighted by molar-refractivity contribution is -0.870. The second-order valence-electron chi connectivity index (χ2n) is 18.9. The normalized spacial score (nSPS) is 13.6. The van der Waals surface area contributed by atoms with Crippen LogP contribution in [-0.2, 0) is 32.7 Å². The topological polar surface area (TPSA) is 108 Å². The number of phosphoric ester groups is 1. The first-order valence-corrected chi connectivity index (χ1v) is 27.6. The van der Waals surface area contributed by atoms with E-state index in [1.54, 1.807) is 0 Å². The minimum absolute atomic E-state index is 0.0266. The molecule has 1 unspecified atom stereocenters. The average Bonchev–Trinajstić information content (AvgIpc) is 3.23. The number of hydrogen-bond acceptors (Lipinski definition) is 7. The predicted molar refractivity (Wildman–Crippen MR) is 261 cm³/mol. The van der Waals surface area contributed by atoms with Gasteiger partial charge in [0.05, 0.1) is 27.7 Å². The molecule has 0 aromatic carbocycles. The molecule has 0 heterocycles. The molecule has 0 spiro atoms. The molecule has 0 aliphatic carbocycles. The molecular weight excluding hydrogens is 798 g/mol. The first kappa shape index (κ1) is 60.5. The Morgan fingerprint density at radius 3 is 1.32 bits per heavy atom. The van der Waals surface area contributed by atoms with E-state index in [0.29, 0.717) is 17.4 Å². The second-order valence-corrected chi connectivity index (χ2v) is 20.4. The van der Waals surface area contributed by atoms with Gasteiger partial charge in [-0.2, -0.15) is 0 Å². The maximum Gasteiger partial charge on any atom is 0.472 e. The lowest BCUT2D eigenvalue weighted by atomic mass is 10.0. The maximum absolute atomic E-state index is 12.7. The highest BCUT2D eigenvalue weighted by molar-refractivity contribution is 7.47. The van der Waals surface area contributed by atoms with Crippen molar-refractivity contribution < 1.29 is 42.1 Å². The molecule has 10 heteroatoms. The molecule has 0 aliphatic heterocycles. The van der Waals surface area contributed by atoms with E-state index >= 15 is 0 Å². The number of esters is 2. The van der Waals surface area contributed by atoms with Crippen LogP contribution in [0.3, 0.4) is 0 Å². The lowest BCUT2D eigenvalue weighted by Gasteiger charge is -2.24. The van der Waals surface area contributed by atoms with Gasteiger partial charge >= 0.3 is 19.8 Å². The van der Waals surface area contributed by atoms with E-state index in [0.717, 1.165) is 38.5 Å². The summed E-state index contributed by atoms with van der Waals surface area (Å²) in [6, 6.07) is 0. The monoisotopic (exact) mass is 899 g/mol. The summed E-state index contributed by atoms with van der Waals surface area (Å²) in [5, 5.41) is 0. The average molecular weight is 899 g/mol. The van der Waals surface area contributed by atoms with Gasteiger partial charge in [-0.25, -0.2) is 4.57 Å². The Kier molecular flexibility index (Phi) is 43.6. The Bertz CT molecular complexity index is 1110. The number of phosphoric acid groups is 1. The Morgan fingerprint density at radius 1 is 0.500 bits per heavy atom. The zero-order valence-corrected chi connectivity index (χ0v) is 42.3. The van der Waals surface area contributed by atoms with Crippen molar-refractivity contribution in [3.63, 3.8) is 0 Å². The van der Waals surface area contributed by atoms with E-state index in [2.05, 4.69) is 38.2 Å². The van der Waals surface area contributed by atoms with Crippen LogP contribution in [0.25, 0.3) is 0 Å². The van der Waals surface area contributed by atoms with Gasteiger partial charge < -0.3 is 18.9 Å². The second kappa shape index (κ2) is 44.7. The maximum atomic E-state index is 12.7. The number of hydrogen-bond donors (Lipinski definition) is 1. The molecule has 0 rings (SSSR count). The zero-order chi connectivity index (χ0) is 45.7. The van der Waals surface area contributed by atoms with Crippen molar-refractivity contribution in [2.75, 3.05) is 47.5 Å². The van der Waals surface area contributed by atoms with Crippen LogP contribution in [0.1, 0.15) is 245 Å². The van der Waals surface area contributed by atoms with Crippen LogP contribution < -0.4 is 0 Å². The number of rotatable bonds is 48. The third-order valence-corrected chi connectivity index (χ3v) is 12.5. The summed E-state index contributed by atoms with van der Waals surface area (Å²) in [4.78, 5) is 35.5. The first-order valence-electron chi connectivity index (χ1n) is 26.1. The van der Waals surface area contributed by atoms with Crippen LogP contribution in [0.15, 0.2) is 24.3 Å². The number of carbonyl (C=O) groups excluding carboxylic acids is 2. The summed E-state index contributed by atoms with van der Waals surface area (Å²) in [6.07, 6.45) is 51.0. The van der Waals surface area contributed by atoms with E-state index in [4.69, 9.17) is 18.5 Å². The Balaban J connectivity index is 4.25. The minimum atomic E-state index is -4.39. The Hall–Kier alpha value is -1.51. The highest BCUT2D eigenvalue weighted by Crippen LogP contribution is 2.43. The number of ether oxygens (including phenoxy) is 2. The first-order chi connectivity index (χ1) is 30.0. The van der Waals surface area contributed by atoms with Gasteiger partial charge in [0.25, 0.3) is 0 Å². The highest BCUT2D eigenvalue weighted by atomic mass is 31.2. The van der Waals surface area contributed by atoms with Crippen LogP contribution in [0, 0.1) is 0 Å². The summed E-state index contributed by atoms with van der Waals surface area (Å²) < 4.78 is 34.4. The van der Waals surface area contributed by atoms with Crippen molar-refractivity contribution in [1.29, 1.82) is 0 Å². The fourth-order valence-electron chi connectivity index (χ4n) is 7.41. The molecule has 0 saturated heterocycles. The number of unbranched alkanes of at least 4 members (excludes halogenated alkanes) is 30. The fraction of sp³-hybridized carbons (Fsp3) is 0.885. The molecule has 0 amide bonds. The van der Waals surface area contributed by atoms with E-state index < -0.39 is 26.5 Å². The van der Waals surface area contributed by atoms with Crippen LogP contribution in [0.4, 0.5) is 0 Å². The van der Waals surface area contributed by atoms with E-state index in [9.17, 15) is 19.0 Å². The van der Waals surface area contributed by atoms with Gasteiger partial charge in [0.1, 0.15) is 19.8 Å². The van der Waals surface area contributed by atoms with Crippen molar-refractivity contribution >= 4 is 19.8 Å². The van der Waals surface area contributed by atoms with Gasteiger partial charge in [0.15, 0.2) is 6.10 Å². The molecule has 366 valence electrons. The fourth-order valence-corrected chi connectivity index (χ4v) is 8.15. The number of carbonyl (C=O) groups is 2. The minimum Gasteiger partial charge on any atom is -0.462 e.